The van der Waals surface area contributed by atoms with Crippen molar-refractivity contribution in [3.05, 3.63) is 12.2 Å². The molecule has 0 unspecified atom stereocenters. The number of hydrogen-bond donors (Lipinski definition) is 0. The van der Waals surface area contributed by atoms with Crippen LogP contribution in [0.2, 0.25) is 0 Å². The van der Waals surface area contributed by atoms with E-state index in [4.69, 9.17) is 14.4 Å². The molecule has 5 nitrogen and oxygen atoms in total. The molecule has 0 spiro atoms. The highest BCUT2D eigenvalue weighted by Gasteiger charge is 2.27. The molecule has 0 aliphatic heterocycles. The fourth-order valence-electron chi connectivity index (χ4n) is 1.07. The van der Waals surface area contributed by atoms with E-state index in [0.717, 1.165) is 0 Å². The van der Waals surface area contributed by atoms with E-state index in [1.165, 1.54) is 0 Å². The van der Waals surface area contributed by atoms with Crippen LogP contribution in [0, 0.1) is 0 Å². The van der Waals surface area contributed by atoms with Crippen LogP contribution >= 0.6 is 0 Å². The predicted octanol–water partition coefficient (Wildman–Crippen LogP) is 1.07. The van der Waals surface area contributed by atoms with Crippen molar-refractivity contribution in [2.24, 2.45) is 0 Å². The highest BCUT2D eigenvalue weighted by molar-refractivity contribution is 5.86. The normalized spacial score (nSPS) is 11.2. The van der Waals surface area contributed by atoms with E-state index in [-0.39, 0.29) is 11.4 Å². The van der Waals surface area contributed by atoms with E-state index in [9.17, 15) is 4.79 Å². The third-order valence-electron chi connectivity index (χ3n) is 2.16. The maximum Gasteiger partial charge on any atom is 0.333 e. The molecule has 15 heavy (non-hydrogen) atoms. The number of carbonyl (C=O) groups excluding carboxylic acids is 1. The van der Waals surface area contributed by atoms with Gasteiger partial charge in [-0.15, -0.1) is 0 Å². The Labute approximate surface area is 90.7 Å². The van der Waals surface area contributed by atoms with Crippen LogP contribution < -0.4 is 0 Å². The lowest BCUT2D eigenvalue weighted by Gasteiger charge is -2.28. The standard InChI is InChI=1S/C10H20NO4/c1-6-11(13-4,14-5)7-8-15-10(12)9(2)3/h2,6-8H2,1,3-5H3/q+1. The molecule has 0 amide bonds. The Hall–Kier alpha value is -0.910. The minimum atomic E-state index is -0.392. The summed E-state index contributed by atoms with van der Waals surface area (Å²) >= 11 is 0. The van der Waals surface area contributed by atoms with Gasteiger partial charge in [0, 0.05) is 5.57 Å². The van der Waals surface area contributed by atoms with Crippen LogP contribution in [-0.4, -0.2) is 44.7 Å². The van der Waals surface area contributed by atoms with E-state index in [1.54, 1.807) is 21.1 Å². The predicted molar refractivity (Wildman–Crippen MR) is 55.5 cm³/mol. The Morgan fingerprint density at radius 2 is 1.87 bits per heavy atom. The van der Waals surface area contributed by atoms with Crippen molar-refractivity contribution < 1.29 is 24.0 Å². The SMILES string of the molecule is C=C(C)C(=O)OCC[N+](CC)(OC)OC. The summed E-state index contributed by atoms with van der Waals surface area (Å²) < 4.78 is 4.95. The lowest BCUT2D eigenvalue weighted by molar-refractivity contribution is -1.24. The molecule has 0 saturated carbocycles. The van der Waals surface area contributed by atoms with Crippen molar-refractivity contribution in [1.29, 1.82) is 0 Å². The first-order valence-corrected chi connectivity index (χ1v) is 4.82. The Balaban J connectivity index is 4.02. The number of carbonyl (C=O) groups is 1. The molecular weight excluding hydrogens is 198 g/mol. The maximum absolute atomic E-state index is 11.1. The molecular formula is C10H20NO4+. The lowest BCUT2D eigenvalue weighted by atomic mass is 10.4. The molecule has 0 atom stereocenters. The van der Waals surface area contributed by atoms with Gasteiger partial charge in [0.2, 0.25) is 0 Å². The summed E-state index contributed by atoms with van der Waals surface area (Å²) in [4.78, 5) is 21.4. The second kappa shape index (κ2) is 6.55. The Bertz CT molecular complexity index is 215. The summed E-state index contributed by atoms with van der Waals surface area (Å²) in [5.74, 6) is -0.392. The highest BCUT2D eigenvalue weighted by atomic mass is 17.0. The van der Waals surface area contributed by atoms with Crippen LogP contribution in [-0.2, 0) is 19.2 Å². The fourth-order valence-corrected chi connectivity index (χ4v) is 1.07. The topological polar surface area (TPSA) is 44.8 Å². The van der Waals surface area contributed by atoms with E-state index in [1.807, 2.05) is 6.92 Å². The number of ether oxygens (including phenoxy) is 1. The first-order valence-electron chi connectivity index (χ1n) is 4.82. The van der Waals surface area contributed by atoms with Crippen molar-refractivity contribution in [3.63, 3.8) is 0 Å². The van der Waals surface area contributed by atoms with Crippen molar-refractivity contribution >= 4 is 5.97 Å². The van der Waals surface area contributed by atoms with Gasteiger partial charge in [-0.3, -0.25) is 0 Å². The van der Waals surface area contributed by atoms with Gasteiger partial charge in [0.25, 0.3) is 0 Å². The van der Waals surface area contributed by atoms with Gasteiger partial charge in [0.1, 0.15) is 13.2 Å². The third-order valence-corrected chi connectivity index (χ3v) is 2.16. The monoisotopic (exact) mass is 218 g/mol. The molecule has 5 heteroatoms. The van der Waals surface area contributed by atoms with Crippen LogP contribution in [0.5, 0.6) is 0 Å². The number of nitrogens with zero attached hydrogens (tertiary/aromatic N) is 1. The number of quaternary nitrogens is 1. The first kappa shape index (κ1) is 14.1. The molecule has 0 bridgehead atoms. The quantitative estimate of drug-likeness (QED) is 0.277. The molecule has 0 aliphatic rings. The Morgan fingerprint density at radius 1 is 1.33 bits per heavy atom. The van der Waals surface area contributed by atoms with Gasteiger partial charge in [-0.1, -0.05) is 6.58 Å². The minimum Gasteiger partial charge on any atom is -0.456 e. The van der Waals surface area contributed by atoms with Crippen LogP contribution in [0.1, 0.15) is 13.8 Å². The second-order valence-corrected chi connectivity index (χ2v) is 3.14. The van der Waals surface area contributed by atoms with Gasteiger partial charge in [-0.05, 0) is 18.7 Å². The Kier molecular flexibility index (Phi) is 6.15. The molecule has 0 rings (SSSR count). The zero-order chi connectivity index (χ0) is 11.9. The van der Waals surface area contributed by atoms with Gasteiger partial charge < -0.3 is 4.74 Å². The summed E-state index contributed by atoms with van der Waals surface area (Å²) in [6, 6.07) is 0. The van der Waals surface area contributed by atoms with Gasteiger partial charge in [0.15, 0.2) is 6.54 Å². The number of esters is 1. The summed E-state index contributed by atoms with van der Waals surface area (Å²) in [5.41, 5.74) is 0.388. The maximum atomic E-state index is 11.1. The average Bonchev–Trinajstić information content (AvgIpc) is 2.24. The van der Waals surface area contributed by atoms with E-state index < -0.39 is 5.97 Å². The molecule has 0 aromatic rings. The summed E-state index contributed by atoms with van der Waals surface area (Å²) in [6.45, 7) is 8.34. The van der Waals surface area contributed by atoms with Crippen molar-refractivity contribution in [2.75, 3.05) is 33.9 Å². The van der Waals surface area contributed by atoms with Crippen LogP contribution in [0.25, 0.3) is 0 Å². The molecule has 0 aromatic heterocycles. The largest absolute Gasteiger partial charge is 0.456 e. The molecule has 0 heterocycles. The molecule has 0 fully saturated rings. The Morgan fingerprint density at radius 3 is 2.20 bits per heavy atom. The van der Waals surface area contributed by atoms with E-state index >= 15 is 0 Å². The smallest absolute Gasteiger partial charge is 0.333 e. The van der Waals surface area contributed by atoms with Crippen molar-refractivity contribution in [3.8, 4) is 0 Å². The number of hydrogen-bond acceptors (Lipinski definition) is 4. The highest BCUT2D eigenvalue weighted by Crippen LogP contribution is 2.06. The summed E-state index contributed by atoms with van der Waals surface area (Å²) in [7, 11) is 3.10. The number of likely N-dealkylation sites (N-methyl/N-ethyl adjacent to an activating group) is 1. The molecule has 0 saturated heterocycles. The fraction of sp³-hybridized carbons (Fsp3) is 0.700. The van der Waals surface area contributed by atoms with E-state index in [2.05, 4.69) is 6.58 Å². The van der Waals surface area contributed by atoms with Crippen molar-refractivity contribution in [1.82, 2.24) is 0 Å². The van der Waals surface area contributed by atoms with E-state index in [0.29, 0.717) is 18.7 Å². The van der Waals surface area contributed by atoms with Gasteiger partial charge in [-0.25, -0.2) is 4.79 Å². The molecule has 0 N–H and O–H groups in total. The van der Waals surface area contributed by atoms with Crippen LogP contribution in [0.4, 0.5) is 0 Å². The third kappa shape index (κ3) is 4.42. The number of rotatable bonds is 7. The summed E-state index contributed by atoms with van der Waals surface area (Å²) in [5, 5.41) is 0. The van der Waals surface area contributed by atoms with Crippen LogP contribution in [0.3, 0.4) is 0 Å². The minimum absolute atomic E-state index is 0.00344. The molecule has 0 aliphatic carbocycles. The van der Waals surface area contributed by atoms with Gasteiger partial charge in [-0.2, -0.15) is 9.68 Å². The van der Waals surface area contributed by atoms with Gasteiger partial charge >= 0.3 is 5.97 Å². The van der Waals surface area contributed by atoms with Gasteiger partial charge in [0.05, 0.1) is 14.2 Å². The van der Waals surface area contributed by atoms with Crippen molar-refractivity contribution in [2.45, 2.75) is 13.8 Å². The zero-order valence-electron chi connectivity index (χ0n) is 9.91. The molecule has 88 valence electrons. The molecule has 0 aromatic carbocycles. The average molecular weight is 218 g/mol. The molecule has 0 radical (unpaired) electrons. The zero-order valence-corrected chi connectivity index (χ0v) is 9.91. The van der Waals surface area contributed by atoms with Crippen LogP contribution in [0.15, 0.2) is 12.2 Å². The first-order chi connectivity index (χ1) is 7.01. The second-order valence-electron chi connectivity index (χ2n) is 3.14. The number of hydroxylamine groups is 4. The summed E-state index contributed by atoms with van der Waals surface area (Å²) in [6.07, 6.45) is 0. The lowest BCUT2D eigenvalue weighted by Crippen LogP contribution is -2.48.